The maximum Gasteiger partial charge on any atom is 0.305 e. The molecule has 0 saturated heterocycles. The second-order valence-electron chi connectivity index (χ2n) is 12.2. The highest BCUT2D eigenvalue weighted by molar-refractivity contribution is 6.05. The molecule has 1 heterocycles. The minimum absolute atomic E-state index is 0.168. The van der Waals surface area contributed by atoms with Crippen molar-refractivity contribution in [3.8, 4) is 28.2 Å². The number of anilines is 3. The van der Waals surface area contributed by atoms with Gasteiger partial charge in [-0.15, -0.1) is 13.2 Å². The largest absolute Gasteiger partial charge is 0.496 e. The molecule has 1 aliphatic heterocycles. The molecule has 0 spiro atoms. The third-order valence-corrected chi connectivity index (χ3v) is 8.70. The Hall–Kier alpha value is -5.24. The molecule has 0 atom stereocenters. The van der Waals surface area contributed by atoms with Crippen molar-refractivity contribution in [1.29, 1.82) is 0 Å². The Morgan fingerprint density at radius 2 is 1.58 bits per heavy atom. The van der Waals surface area contributed by atoms with Gasteiger partial charge in [-0.1, -0.05) is 25.3 Å². The fraction of sp³-hybridized carbons (Fsp3) is 0.333. The van der Waals surface area contributed by atoms with Gasteiger partial charge in [0.25, 0.3) is 0 Å². The SMILES string of the molecule is C=CCN(CC=C)c1ccc2c(-c3cc(N(C)C)c(N(CC)CCCC(=O)OCC)cc3OC)c3ccc(=[N+](CC=C)CC=C)cc-3oc2c1. The number of hydrogen-bond donors (Lipinski definition) is 0. The van der Waals surface area contributed by atoms with E-state index >= 15 is 0 Å². The number of fused-ring (bicyclic) bond motifs is 2. The van der Waals surface area contributed by atoms with Crippen molar-refractivity contribution in [3.05, 3.63) is 105 Å². The molecule has 4 rings (SSSR count). The van der Waals surface area contributed by atoms with E-state index in [0.717, 1.165) is 68.1 Å². The van der Waals surface area contributed by atoms with Crippen LogP contribution in [0.5, 0.6) is 5.75 Å². The van der Waals surface area contributed by atoms with Gasteiger partial charge in [-0.3, -0.25) is 4.79 Å². The molecule has 0 aromatic heterocycles. The van der Waals surface area contributed by atoms with Gasteiger partial charge in [0.15, 0.2) is 13.1 Å². The topological polar surface area (TPSA) is 61.4 Å². The first-order chi connectivity index (χ1) is 24.2. The molecule has 0 fully saturated rings. The molecule has 2 aromatic carbocycles. The monoisotopic (exact) mass is 677 g/mol. The fourth-order valence-electron chi connectivity index (χ4n) is 6.37. The summed E-state index contributed by atoms with van der Waals surface area (Å²) in [6.07, 6.45) is 8.63. The predicted octanol–water partition coefficient (Wildman–Crippen LogP) is 7.77. The predicted molar refractivity (Wildman–Crippen MR) is 211 cm³/mol. The molecule has 0 radical (unpaired) electrons. The number of methoxy groups -OCH3 is 1. The zero-order chi connectivity index (χ0) is 36.2. The van der Waals surface area contributed by atoms with Gasteiger partial charge in [-0.25, -0.2) is 4.58 Å². The van der Waals surface area contributed by atoms with Crippen molar-refractivity contribution in [2.45, 2.75) is 26.7 Å². The Kier molecular flexibility index (Phi) is 13.5. The summed E-state index contributed by atoms with van der Waals surface area (Å²) in [5.74, 6) is 1.33. The maximum atomic E-state index is 12.1. The number of carbonyl (C=O) groups is 1. The second kappa shape index (κ2) is 18.0. The lowest BCUT2D eigenvalue weighted by molar-refractivity contribution is -0.143. The van der Waals surface area contributed by atoms with Crippen molar-refractivity contribution < 1.29 is 18.7 Å². The van der Waals surface area contributed by atoms with Gasteiger partial charge in [0.05, 0.1) is 31.2 Å². The molecule has 264 valence electrons. The Balaban J connectivity index is 2.02. The third kappa shape index (κ3) is 8.48. The van der Waals surface area contributed by atoms with E-state index < -0.39 is 0 Å². The Bertz CT molecular complexity index is 1850. The molecule has 0 saturated carbocycles. The van der Waals surface area contributed by atoms with E-state index in [2.05, 4.69) is 115 Å². The number of benzene rings is 3. The molecule has 50 heavy (non-hydrogen) atoms. The fourth-order valence-corrected chi connectivity index (χ4v) is 6.37. The molecule has 0 N–H and O–H groups in total. The number of esters is 1. The minimum Gasteiger partial charge on any atom is -0.496 e. The highest BCUT2D eigenvalue weighted by Gasteiger charge is 2.25. The van der Waals surface area contributed by atoms with Crippen LogP contribution >= 0.6 is 0 Å². The molecule has 0 amide bonds. The van der Waals surface area contributed by atoms with E-state index in [1.807, 2.05) is 31.2 Å². The third-order valence-electron chi connectivity index (χ3n) is 8.70. The number of carbonyl (C=O) groups excluding carboxylic acids is 1. The van der Waals surface area contributed by atoms with E-state index in [4.69, 9.17) is 13.9 Å². The molecule has 2 aromatic rings. The molecular weight excluding hydrogens is 624 g/mol. The van der Waals surface area contributed by atoms with Gasteiger partial charge < -0.3 is 28.6 Å². The summed E-state index contributed by atoms with van der Waals surface area (Å²) in [6, 6.07) is 17.0. The van der Waals surface area contributed by atoms with Crippen molar-refractivity contribution in [2.24, 2.45) is 0 Å². The zero-order valence-corrected chi connectivity index (χ0v) is 30.5. The van der Waals surface area contributed by atoms with Crippen LogP contribution in [-0.2, 0) is 9.53 Å². The second-order valence-corrected chi connectivity index (χ2v) is 12.2. The quantitative estimate of drug-likeness (QED) is 0.0435. The number of hydrogen-bond acceptors (Lipinski definition) is 7. The summed E-state index contributed by atoms with van der Waals surface area (Å²) in [5, 5.41) is 1.98. The lowest BCUT2D eigenvalue weighted by atomic mass is 9.92. The zero-order valence-electron chi connectivity index (χ0n) is 30.5. The molecule has 8 heteroatoms. The maximum absolute atomic E-state index is 12.1. The summed E-state index contributed by atoms with van der Waals surface area (Å²) in [4.78, 5) is 18.7. The van der Waals surface area contributed by atoms with E-state index in [1.54, 1.807) is 7.11 Å². The average molecular weight is 678 g/mol. The molecule has 0 bridgehead atoms. The lowest BCUT2D eigenvalue weighted by Gasteiger charge is -2.30. The van der Waals surface area contributed by atoms with Crippen LogP contribution in [0.25, 0.3) is 33.4 Å². The standard InChI is InChI=1S/C42H53N4O4/c1-10-22-45(23-11-2)31-18-20-33-39(27-31)50-40-28-32(46(24-12-3)25-13-4)19-21-34(40)42(33)35-29-36(43(7)8)37(30-38(35)48-9)44(14-5)26-16-17-41(47)49-15-6/h10-13,18-21,27-30H,1-4,14-17,22-26H2,5-9H3/q+1. The summed E-state index contributed by atoms with van der Waals surface area (Å²) >= 11 is 0. The lowest BCUT2D eigenvalue weighted by Crippen LogP contribution is -2.30. The molecule has 0 unspecified atom stereocenters. The number of nitrogens with zero attached hydrogens (tertiary/aromatic N) is 4. The number of rotatable bonds is 19. The molecule has 2 aliphatic rings. The first-order valence-corrected chi connectivity index (χ1v) is 17.3. The first kappa shape index (κ1) is 37.6. The Morgan fingerprint density at radius 3 is 2.18 bits per heavy atom. The molecular formula is C42H53N4O4+. The molecule has 8 nitrogen and oxygen atoms in total. The van der Waals surface area contributed by atoms with Crippen LogP contribution in [0.15, 0.2) is 104 Å². The van der Waals surface area contributed by atoms with E-state index in [-0.39, 0.29) is 5.97 Å². The Morgan fingerprint density at radius 1 is 0.860 bits per heavy atom. The van der Waals surface area contributed by atoms with Crippen LogP contribution < -0.4 is 29.4 Å². The van der Waals surface area contributed by atoms with Crippen LogP contribution in [0.1, 0.15) is 26.7 Å². The smallest absolute Gasteiger partial charge is 0.305 e. The molecule has 1 aliphatic carbocycles. The normalized spacial score (nSPS) is 10.8. The highest BCUT2D eigenvalue weighted by atomic mass is 16.5. The van der Waals surface area contributed by atoms with Crippen LogP contribution in [0.3, 0.4) is 0 Å². The van der Waals surface area contributed by atoms with Crippen molar-refractivity contribution in [1.82, 2.24) is 4.58 Å². The van der Waals surface area contributed by atoms with E-state index in [1.165, 1.54) is 0 Å². The minimum atomic E-state index is -0.168. The summed E-state index contributed by atoms with van der Waals surface area (Å²) in [5.41, 5.74) is 6.80. The average Bonchev–Trinajstić information content (AvgIpc) is 3.11. The van der Waals surface area contributed by atoms with Gasteiger partial charge in [0.1, 0.15) is 17.1 Å². The van der Waals surface area contributed by atoms with E-state index in [9.17, 15) is 4.79 Å². The van der Waals surface area contributed by atoms with Gasteiger partial charge in [0, 0.05) is 92.7 Å². The van der Waals surface area contributed by atoms with Crippen LogP contribution in [0.2, 0.25) is 0 Å². The summed E-state index contributed by atoms with van der Waals surface area (Å²) in [7, 11) is 5.82. The van der Waals surface area contributed by atoms with Crippen LogP contribution in [-0.4, -0.2) is 73.0 Å². The van der Waals surface area contributed by atoms with Gasteiger partial charge >= 0.3 is 5.97 Å². The summed E-state index contributed by atoms with van der Waals surface area (Å²) in [6.45, 7) is 24.4. The van der Waals surface area contributed by atoms with Gasteiger partial charge in [0.2, 0.25) is 5.36 Å². The highest BCUT2D eigenvalue weighted by Crippen LogP contribution is 2.47. The summed E-state index contributed by atoms with van der Waals surface area (Å²) < 4.78 is 20.3. The van der Waals surface area contributed by atoms with E-state index in [0.29, 0.717) is 52.2 Å². The number of ether oxygens (including phenoxy) is 2. The first-order valence-electron chi connectivity index (χ1n) is 17.3. The van der Waals surface area contributed by atoms with Crippen molar-refractivity contribution >= 4 is 34.0 Å². The van der Waals surface area contributed by atoms with Crippen LogP contribution in [0.4, 0.5) is 17.1 Å². The van der Waals surface area contributed by atoms with Gasteiger partial charge in [-0.05, 0) is 56.7 Å². The van der Waals surface area contributed by atoms with Crippen molar-refractivity contribution in [3.63, 3.8) is 0 Å². The van der Waals surface area contributed by atoms with Gasteiger partial charge in [-0.2, -0.15) is 0 Å². The van der Waals surface area contributed by atoms with Crippen molar-refractivity contribution in [2.75, 3.05) is 81.8 Å². The Labute approximate surface area is 297 Å². The van der Waals surface area contributed by atoms with Crippen LogP contribution in [0, 0.1) is 0 Å².